The number of hydrogen-bond donors (Lipinski definition) is 0. The zero-order valence-corrected chi connectivity index (χ0v) is 13.2. The Morgan fingerprint density at radius 2 is 2.20 bits per heavy atom. The number of halogens is 1. The molecule has 0 saturated heterocycles. The molecule has 1 aromatic carbocycles. The quantitative estimate of drug-likeness (QED) is 0.740. The van der Waals surface area contributed by atoms with Gasteiger partial charge in [-0.15, -0.1) is 0 Å². The summed E-state index contributed by atoms with van der Waals surface area (Å²) in [5, 5.41) is 8.89. The topological polar surface area (TPSA) is 41.6 Å². The maximum atomic E-state index is 8.89. The minimum atomic E-state index is 0.675. The lowest BCUT2D eigenvalue weighted by Crippen LogP contribution is -2.04. The molecular formula is C16H18BrN3. The number of hydrogen-bond acceptors (Lipinski definition) is 2. The van der Waals surface area contributed by atoms with Crippen molar-refractivity contribution in [2.75, 3.05) is 0 Å². The van der Waals surface area contributed by atoms with Crippen LogP contribution in [0.15, 0.2) is 35.2 Å². The summed E-state index contributed by atoms with van der Waals surface area (Å²) in [6.45, 7) is 3.00. The van der Waals surface area contributed by atoms with Gasteiger partial charge in [-0.2, -0.15) is 5.26 Å². The number of benzene rings is 1. The number of aromatic nitrogens is 2. The van der Waals surface area contributed by atoms with Crippen LogP contribution in [-0.2, 0) is 13.0 Å². The van der Waals surface area contributed by atoms with Crippen LogP contribution in [-0.4, -0.2) is 9.55 Å². The molecule has 0 radical (unpaired) electrons. The van der Waals surface area contributed by atoms with Crippen molar-refractivity contribution in [3.8, 4) is 6.07 Å². The van der Waals surface area contributed by atoms with E-state index in [0.29, 0.717) is 5.56 Å². The van der Waals surface area contributed by atoms with Gasteiger partial charge < -0.3 is 4.57 Å². The second-order valence-corrected chi connectivity index (χ2v) is 5.74. The van der Waals surface area contributed by atoms with E-state index in [2.05, 4.69) is 38.5 Å². The maximum absolute atomic E-state index is 8.89. The summed E-state index contributed by atoms with van der Waals surface area (Å²) in [7, 11) is 0. The molecule has 0 aliphatic heterocycles. The number of nitriles is 1. The van der Waals surface area contributed by atoms with Crippen LogP contribution in [0.1, 0.15) is 43.0 Å². The molecule has 20 heavy (non-hydrogen) atoms. The highest BCUT2D eigenvalue weighted by Gasteiger charge is 2.06. The first-order valence-electron chi connectivity index (χ1n) is 6.92. The highest BCUT2D eigenvalue weighted by molar-refractivity contribution is 9.10. The molecule has 0 amide bonds. The van der Waals surface area contributed by atoms with Gasteiger partial charge in [0.1, 0.15) is 0 Å². The van der Waals surface area contributed by atoms with Crippen molar-refractivity contribution in [1.82, 2.24) is 9.55 Å². The fourth-order valence-electron chi connectivity index (χ4n) is 2.18. The molecule has 3 nitrogen and oxygen atoms in total. The Morgan fingerprint density at radius 3 is 2.90 bits per heavy atom. The van der Waals surface area contributed by atoms with E-state index >= 15 is 0 Å². The van der Waals surface area contributed by atoms with Crippen molar-refractivity contribution >= 4 is 15.9 Å². The Bertz CT molecular complexity index is 610. The van der Waals surface area contributed by atoms with Crippen LogP contribution < -0.4 is 0 Å². The first-order valence-corrected chi connectivity index (χ1v) is 7.71. The maximum Gasteiger partial charge on any atom is 0.0992 e. The second-order valence-electron chi connectivity index (χ2n) is 4.89. The summed E-state index contributed by atoms with van der Waals surface area (Å²) in [4.78, 5) is 4.26. The van der Waals surface area contributed by atoms with Gasteiger partial charge in [0, 0.05) is 22.9 Å². The predicted molar refractivity (Wildman–Crippen MR) is 83.4 cm³/mol. The number of nitrogens with zero attached hydrogens (tertiary/aromatic N) is 3. The van der Waals surface area contributed by atoms with Crippen LogP contribution in [0, 0.1) is 11.3 Å². The summed E-state index contributed by atoms with van der Waals surface area (Å²) in [5.74, 6) is 0. The monoisotopic (exact) mass is 331 g/mol. The Labute approximate surface area is 128 Å². The molecule has 2 aromatic rings. The molecule has 0 N–H and O–H groups in total. The standard InChI is InChI=1S/C16H18BrN3/c1-2-3-4-5-15-10-19-12-20(15)11-14-7-6-13(9-18)8-16(14)17/h6-8,10,12H,2-5,11H2,1H3. The van der Waals surface area contributed by atoms with Gasteiger partial charge in [0.05, 0.1) is 18.0 Å². The van der Waals surface area contributed by atoms with E-state index in [4.69, 9.17) is 5.26 Å². The Hall–Kier alpha value is -1.60. The van der Waals surface area contributed by atoms with E-state index in [1.54, 1.807) is 0 Å². The third-order valence-corrected chi connectivity index (χ3v) is 4.10. The summed E-state index contributed by atoms with van der Waals surface area (Å²) >= 11 is 3.54. The van der Waals surface area contributed by atoms with E-state index in [9.17, 15) is 0 Å². The summed E-state index contributed by atoms with van der Waals surface area (Å²) in [5.41, 5.74) is 3.11. The summed E-state index contributed by atoms with van der Waals surface area (Å²) in [6, 6.07) is 7.87. The Kier molecular flexibility index (Phi) is 5.37. The number of rotatable bonds is 6. The number of unbranched alkanes of at least 4 members (excludes halogenated alkanes) is 2. The van der Waals surface area contributed by atoms with Gasteiger partial charge in [0.2, 0.25) is 0 Å². The van der Waals surface area contributed by atoms with Crippen molar-refractivity contribution in [3.05, 3.63) is 52.0 Å². The highest BCUT2D eigenvalue weighted by atomic mass is 79.9. The summed E-state index contributed by atoms with van der Waals surface area (Å²) < 4.78 is 3.16. The van der Waals surface area contributed by atoms with E-state index < -0.39 is 0 Å². The molecule has 1 heterocycles. The van der Waals surface area contributed by atoms with Crippen LogP contribution in [0.4, 0.5) is 0 Å². The fraction of sp³-hybridized carbons (Fsp3) is 0.375. The minimum Gasteiger partial charge on any atom is -0.330 e. The average Bonchev–Trinajstić information content (AvgIpc) is 2.89. The third-order valence-electron chi connectivity index (χ3n) is 3.36. The lowest BCUT2D eigenvalue weighted by atomic mass is 10.1. The minimum absolute atomic E-state index is 0.675. The number of aryl methyl sites for hydroxylation is 1. The van der Waals surface area contributed by atoms with Crippen LogP contribution in [0.5, 0.6) is 0 Å². The molecule has 104 valence electrons. The van der Waals surface area contributed by atoms with Gasteiger partial charge in [0.25, 0.3) is 0 Å². The van der Waals surface area contributed by atoms with E-state index in [0.717, 1.165) is 17.4 Å². The predicted octanol–water partition coefficient (Wildman–Crippen LogP) is 4.30. The zero-order chi connectivity index (χ0) is 14.4. The van der Waals surface area contributed by atoms with Crippen molar-refractivity contribution < 1.29 is 0 Å². The molecular weight excluding hydrogens is 314 g/mol. The van der Waals surface area contributed by atoms with Gasteiger partial charge >= 0.3 is 0 Å². The van der Waals surface area contributed by atoms with Gasteiger partial charge in [0.15, 0.2) is 0 Å². The smallest absolute Gasteiger partial charge is 0.0992 e. The molecule has 0 saturated carbocycles. The van der Waals surface area contributed by atoms with Crippen molar-refractivity contribution in [1.29, 1.82) is 5.26 Å². The average molecular weight is 332 g/mol. The van der Waals surface area contributed by atoms with Gasteiger partial charge in [-0.05, 0) is 30.5 Å². The molecule has 4 heteroatoms. The van der Waals surface area contributed by atoms with E-state index in [1.165, 1.54) is 30.5 Å². The molecule has 0 bridgehead atoms. The van der Waals surface area contributed by atoms with Crippen LogP contribution >= 0.6 is 15.9 Å². The molecule has 1 aromatic heterocycles. The van der Waals surface area contributed by atoms with Crippen LogP contribution in [0.25, 0.3) is 0 Å². The lowest BCUT2D eigenvalue weighted by Gasteiger charge is -2.10. The molecule has 0 aliphatic rings. The SMILES string of the molecule is CCCCCc1cncn1Cc1ccc(C#N)cc1Br. The van der Waals surface area contributed by atoms with Crippen molar-refractivity contribution in [3.63, 3.8) is 0 Å². The third kappa shape index (κ3) is 3.71. The van der Waals surface area contributed by atoms with Crippen LogP contribution in [0.3, 0.4) is 0 Å². The Balaban J connectivity index is 2.10. The molecule has 0 atom stereocenters. The van der Waals surface area contributed by atoms with Gasteiger partial charge in [-0.3, -0.25) is 0 Å². The number of imidazole rings is 1. The normalized spacial score (nSPS) is 10.4. The van der Waals surface area contributed by atoms with Crippen LogP contribution in [0.2, 0.25) is 0 Å². The highest BCUT2D eigenvalue weighted by Crippen LogP contribution is 2.20. The molecule has 0 spiro atoms. The zero-order valence-electron chi connectivity index (χ0n) is 11.6. The van der Waals surface area contributed by atoms with E-state index in [-0.39, 0.29) is 0 Å². The van der Waals surface area contributed by atoms with E-state index in [1.807, 2.05) is 30.7 Å². The van der Waals surface area contributed by atoms with Gasteiger partial charge in [-0.1, -0.05) is 41.8 Å². The first kappa shape index (κ1) is 14.8. The second kappa shape index (κ2) is 7.25. The molecule has 0 fully saturated rings. The fourth-order valence-corrected chi connectivity index (χ4v) is 2.69. The lowest BCUT2D eigenvalue weighted by molar-refractivity contribution is 0.665. The molecule has 0 aliphatic carbocycles. The summed E-state index contributed by atoms with van der Waals surface area (Å²) in [6.07, 6.45) is 8.60. The van der Waals surface area contributed by atoms with Crippen molar-refractivity contribution in [2.45, 2.75) is 39.2 Å². The molecule has 0 unspecified atom stereocenters. The largest absolute Gasteiger partial charge is 0.330 e. The first-order chi connectivity index (χ1) is 9.74. The Morgan fingerprint density at radius 1 is 1.35 bits per heavy atom. The van der Waals surface area contributed by atoms with Crippen molar-refractivity contribution in [2.24, 2.45) is 0 Å². The molecule has 2 rings (SSSR count). The van der Waals surface area contributed by atoms with Gasteiger partial charge in [-0.25, -0.2) is 4.98 Å².